The number of aliphatic hydroxyl groups excluding tert-OH is 1. The lowest BCUT2D eigenvalue weighted by atomic mass is 9.90. The Morgan fingerprint density at radius 2 is 1.56 bits per heavy atom. The summed E-state index contributed by atoms with van der Waals surface area (Å²) in [7, 11) is 0. The summed E-state index contributed by atoms with van der Waals surface area (Å²) in [6.07, 6.45) is 1.30. The van der Waals surface area contributed by atoms with Gasteiger partial charge >= 0.3 is 0 Å². The Balaban J connectivity index is 1.30. The SMILES string of the molecule is CC(C)C(=O)N1CC2CC(CC(C)C(=O)N3CC4COCC4C3)C(O)C2C1. The second-order valence-corrected chi connectivity index (χ2v) is 9.75. The summed E-state index contributed by atoms with van der Waals surface area (Å²) in [5.41, 5.74) is 0. The summed E-state index contributed by atoms with van der Waals surface area (Å²) >= 11 is 0. The number of hydrogen-bond donors (Lipinski definition) is 1. The predicted octanol–water partition coefficient (Wildman–Crippen LogP) is 1.23. The van der Waals surface area contributed by atoms with Crippen molar-refractivity contribution in [3.63, 3.8) is 0 Å². The highest BCUT2D eigenvalue weighted by Crippen LogP contribution is 2.44. The van der Waals surface area contributed by atoms with Crippen LogP contribution < -0.4 is 0 Å². The number of rotatable bonds is 4. The topological polar surface area (TPSA) is 70.1 Å². The fourth-order valence-corrected chi connectivity index (χ4v) is 5.93. The molecule has 27 heavy (non-hydrogen) atoms. The number of amides is 2. The maximum absolute atomic E-state index is 12.9. The number of nitrogens with zero attached hydrogens (tertiary/aromatic N) is 2. The van der Waals surface area contributed by atoms with Crippen LogP contribution in [0.2, 0.25) is 0 Å². The molecule has 3 saturated heterocycles. The van der Waals surface area contributed by atoms with Crippen LogP contribution in [0.4, 0.5) is 0 Å². The fraction of sp³-hybridized carbons (Fsp3) is 0.905. The zero-order chi connectivity index (χ0) is 19.3. The van der Waals surface area contributed by atoms with E-state index in [-0.39, 0.29) is 41.6 Å². The molecule has 0 aromatic heterocycles. The third kappa shape index (κ3) is 3.51. The zero-order valence-corrected chi connectivity index (χ0v) is 16.8. The van der Waals surface area contributed by atoms with Gasteiger partial charge in [0, 0.05) is 55.8 Å². The Morgan fingerprint density at radius 3 is 2.15 bits per heavy atom. The molecule has 0 radical (unpaired) electrons. The third-order valence-electron chi connectivity index (χ3n) is 7.45. The molecule has 6 heteroatoms. The van der Waals surface area contributed by atoms with Crippen molar-refractivity contribution in [3.8, 4) is 0 Å². The van der Waals surface area contributed by atoms with Crippen molar-refractivity contribution >= 4 is 11.8 Å². The van der Waals surface area contributed by atoms with E-state index < -0.39 is 0 Å². The van der Waals surface area contributed by atoms with E-state index in [1.54, 1.807) is 0 Å². The molecular formula is C21H34N2O4. The van der Waals surface area contributed by atoms with E-state index in [9.17, 15) is 14.7 Å². The molecule has 7 atom stereocenters. The van der Waals surface area contributed by atoms with Gasteiger partial charge in [0.25, 0.3) is 0 Å². The Kier molecular flexibility index (Phi) is 5.23. The van der Waals surface area contributed by atoms with Crippen LogP contribution in [0.25, 0.3) is 0 Å². The monoisotopic (exact) mass is 378 g/mol. The predicted molar refractivity (Wildman–Crippen MR) is 101 cm³/mol. The maximum Gasteiger partial charge on any atom is 0.225 e. The second kappa shape index (κ2) is 7.36. The summed E-state index contributed by atoms with van der Waals surface area (Å²) in [5, 5.41) is 10.8. The molecule has 4 aliphatic rings. The highest BCUT2D eigenvalue weighted by atomic mass is 16.5. The number of carbonyl (C=O) groups is 2. The average Bonchev–Trinajstić information content (AvgIpc) is 3.36. The molecule has 4 rings (SSSR count). The van der Waals surface area contributed by atoms with Gasteiger partial charge in [-0.05, 0) is 24.7 Å². The molecule has 0 aromatic rings. The van der Waals surface area contributed by atoms with E-state index in [4.69, 9.17) is 4.74 Å². The Bertz CT molecular complexity index is 583. The minimum Gasteiger partial charge on any atom is -0.392 e. The van der Waals surface area contributed by atoms with Gasteiger partial charge in [0.2, 0.25) is 11.8 Å². The molecule has 0 aromatic carbocycles. The Hall–Kier alpha value is -1.14. The van der Waals surface area contributed by atoms with Crippen molar-refractivity contribution in [1.82, 2.24) is 9.80 Å². The lowest BCUT2D eigenvalue weighted by molar-refractivity contribution is -0.135. The summed E-state index contributed by atoms with van der Waals surface area (Å²) in [6.45, 7) is 10.6. The van der Waals surface area contributed by atoms with Crippen LogP contribution in [0, 0.1) is 41.4 Å². The standard InChI is InChI=1S/C21H34N2O4/c1-12(2)20(25)23-6-15-5-14(19(24)18(15)9-23)4-13(3)21(26)22-7-16-10-27-11-17(16)8-22/h12-19,24H,4-11H2,1-3H3. The van der Waals surface area contributed by atoms with Crippen molar-refractivity contribution in [3.05, 3.63) is 0 Å². The summed E-state index contributed by atoms with van der Waals surface area (Å²) in [5.74, 6) is 2.19. The van der Waals surface area contributed by atoms with Gasteiger partial charge in [-0.3, -0.25) is 9.59 Å². The quantitative estimate of drug-likeness (QED) is 0.799. The van der Waals surface area contributed by atoms with Crippen LogP contribution in [0.1, 0.15) is 33.6 Å². The highest BCUT2D eigenvalue weighted by Gasteiger charge is 2.49. The van der Waals surface area contributed by atoms with Crippen molar-refractivity contribution in [2.45, 2.75) is 39.7 Å². The van der Waals surface area contributed by atoms with Crippen LogP contribution >= 0.6 is 0 Å². The highest BCUT2D eigenvalue weighted by molar-refractivity contribution is 5.79. The molecule has 152 valence electrons. The smallest absolute Gasteiger partial charge is 0.225 e. The van der Waals surface area contributed by atoms with Gasteiger partial charge in [0.1, 0.15) is 0 Å². The van der Waals surface area contributed by atoms with Gasteiger partial charge < -0.3 is 19.6 Å². The first kappa shape index (κ1) is 19.2. The van der Waals surface area contributed by atoms with Crippen molar-refractivity contribution in [2.24, 2.45) is 41.4 Å². The number of likely N-dealkylation sites (tertiary alicyclic amines) is 2. The Labute approximate surface area is 162 Å². The van der Waals surface area contributed by atoms with Crippen LogP contribution in [0.5, 0.6) is 0 Å². The van der Waals surface area contributed by atoms with Gasteiger partial charge in [-0.15, -0.1) is 0 Å². The molecular weight excluding hydrogens is 344 g/mol. The van der Waals surface area contributed by atoms with E-state index in [0.29, 0.717) is 24.3 Å². The molecule has 4 fully saturated rings. The Morgan fingerprint density at radius 1 is 0.963 bits per heavy atom. The lowest BCUT2D eigenvalue weighted by Crippen LogP contribution is -2.37. The van der Waals surface area contributed by atoms with Crippen molar-refractivity contribution < 1.29 is 19.4 Å². The van der Waals surface area contributed by atoms with Crippen LogP contribution in [-0.2, 0) is 14.3 Å². The van der Waals surface area contributed by atoms with Crippen LogP contribution in [-0.4, -0.2) is 72.2 Å². The number of aliphatic hydroxyl groups is 1. The van der Waals surface area contributed by atoms with Crippen molar-refractivity contribution in [2.75, 3.05) is 39.4 Å². The first-order chi connectivity index (χ1) is 12.8. The lowest BCUT2D eigenvalue weighted by Gasteiger charge is -2.27. The number of hydrogen-bond acceptors (Lipinski definition) is 4. The van der Waals surface area contributed by atoms with Gasteiger partial charge in [0.05, 0.1) is 19.3 Å². The molecule has 3 heterocycles. The van der Waals surface area contributed by atoms with E-state index in [1.807, 2.05) is 30.6 Å². The fourth-order valence-electron chi connectivity index (χ4n) is 5.93. The van der Waals surface area contributed by atoms with Crippen LogP contribution in [0.15, 0.2) is 0 Å². The van der Waals surface area contributed by atoms with E-state index in [2.05, 4.69) is 0 Å². The normalized spacial score (nSPS) is 39.1. The minimum absolute atomic E-state index is 0.0137. The largest absolute Gasteiger partial charge is 0.392 e. The first-order valence-electron chi connectivity index (χ1n) is 10.7. The number of fused-ring (bicyclic) bond motifs is 2. The molecule has 7 unspecified atom stereocenters. The third-order valence-corrected chi connectivity index (χ3v) is 7.45. The molecule has 1 saturated carbocycles. The summed E-state index contributed by atoms with van der Waals surface area (Å²) in [6, 6.07) is 0. The van der Waals surface area contributed by atoms with E-state index >= 15 is 0 Å². The summed E-state index contributed by atoms with van der Waals surface area (Å²) in [4.78, 5) is 29.1. The van der Waals surface area contributed by atoms with Gasteiger partial charge in [0.15, 0.2) is 0 Å². The van der Waals surface area contributed by atoms with Gasteiger partial charge in [-0.25, -0.2) is 0 Å². The average molecular weight is 379 g/mol. The molecule has 0 spiro atoms. The minimum atomic E-state index is -0.387. The second-order valence-electron chi connectivity index (χ2n) is 9.75. The molecule has 0 bridgehead atoms. The molecule has 3 aliphatic heterocycles. The van der Waals surface area contributed by atoms with Crippen molar-refractivity contribution in [1.29, 1.82) is 0 Å². The summed E-state index contributed by atoms with van der Waals surface area (Å²) < 4.78 is 5.51. The van der Waals surface area contributed by atoms with Gasteiger partial charge in [-0.2, -0.15) is 0 Å². The van der Waals surface area contributed by atoms with Crippen LogP contribution in [0.3, 0.4) is 0 Å². The zero-order valence-electron chi connectivity index (χ0n) is 16.8. The van der Waals surface area contributed by atoms with E-state index in [1.165, 1.54) is 0 Å². The molecule has 1 aliphatic carbocycles. The van der Waals surface area contributed by atoms with E-state index in [0.717, 1.165) is 45.7 Å². The number of carbonyl (C=O) groups excluding carboxylic acids is 2. The molecule has 2 amide bonds. The first-order valence-corrected chi connectivity index (χ1v) is 10.7. The molecule has 1 N–H and O–H groups in total. The molecule has 6 nitrogen and oxygen atoms in total. The maximum atomic E-state index is 12.9. The van der Waals surface area contributed by atoms with Gasteiger partial charge in [-0.1, -0.05) is 20.8 Å². The number of ether oxygens (including phenoxy) is 1.